The summed E-state index contributed by atoms with van der Waals surface area (Å²) in [6.45, 7) is -0.692. The van der Waals surface area contributed by atoms with Crippen molar-refractivity contribution >= 4 is 10.0 Å². The van der Waals surface area contributed by atoms with E-state index in [-0.39, 0.29) is 16.4 Å². The molecule has 0 unspecified atom stereocenters. The maximum atomic E-state index is 12.5. The molecule has 9 heteroatoms. The summed E-state index contributed by atoms with van der Waals surface area (Å²) >= 11 is 0. The molecule has 2 rings (SSSR count). The van der Waals surface area contributed by atoms with Crippen molar-refractivity contribution < 1.29 is 31.1 Å². The van der Waals surface area contributed by atoms with Crippen LogP contribution in [0.25, 0.3) is 0 Å². The van der Waals surface area contributed by atoms with Crippen LogP contribution >= 0.6 is 0 Å². The smallest absolute Gasteiger partial charge is 0.402 e. The van der Waals surface area contributed by atoms with E-state index in [1.165, 1.54) is 6.92 Å². The van der Waals surface area contributed by atoms with E-state index in [1.54, 1.807) is 0 Å². The molecule has 0 bridgehead atoms. The molecule has 1 aliphatic carbocycles. The largest absolute Gasteiger partial charge is 0.462 e. The summed E-state index contributed by atoms with van der Waals surface area (Å²) in [7, 11) is -4.28. The van der Waals surface area contributed by atoms with E-state index < -0.39 is 35.4 Å². The molecule has 0 aromatic carbocycles. The molecule has 1 saturated carbocycles. The first-order valence-corrected chi connectivity index (χ1v) is 7.38. The summed E-state index contributed by atoms with van der Waals surface area (Å²) < 4.78 is 67.7. The molecule has 5 nitrogen and oxygen atoms in total. The van der Waals surface area contributed by atoms with Crippen LogP contribution in [0, 0.1) is 6.92 Å². The van der Waals surface area contributed by atoms with Crippen LogP contribution < -0.4 is 0 Å². The van der Waals surface area contributed by atoms with Crippen molar-refractivity contribution in [1.82, 2.24) is 4.31 Å². The van der Waals surface area contributed by atoms with Crippen molar-refractivity contribution in [1.29, 1.82) is 0 Å². The van der Waals surface area contributed by atoms with Gasteiger partial charge in [0, 0.05) is 12.1 Å². The number of aliphatic hydroxyl groups excluding tert-OH is 1. The molecule has 0 radical (unpaired) electrons. The number of nitrogens with zero attached hydrogens (tertiary/aromatic N) is 1. The van der Waals surface area contributed by atoms with Crippen LogP contribution in [-0.4, -0.2) is 36.6 Å². The molecule has 114 valence electrons. The van der Waals surface area contributed by atoms with Gasteiger partial charge in [0.15, 0.2) is 0 Å². The number of sulfonamides is 1. The van der Waals surface area contributed by atoms with Gasteiger partial charge in [0.25, 0.3) is 0 Å². The highest BCUT2D eigenvalue weighted by molar-refractivity contribution is 7.89. The highest BCUT2D eigenvalue weighted by Crippen LogP contribution is 2.36. The average molecular weight is 313 g/mol. The second-order valence-electron chi connectivity index (χ2n) is 4.69. The Bertz CT molecular complexity index is 589. The third-order valence-corrected chi connectivity index (χ3v) is 4.96. The second kappa shape index (κ2) is 5.05. The Labute approximate surface area is 114 Å². The Morgan fingerprint density at radius 1 is 1.45 bits per heavy atom. The molecular weight excluding hydrogens is 299 g/mol. The monoisotopic (exact) mass is 313 g/mol. The normalized spacial score (nSPS) is 16.9. The van der Waals surface area contributed by atoms with Crippen molar-refractivity contribution in [2.75, 3.05) is 6.54 Å². The molecule has 20 heavy (non-hydrogen) atoms. The number of aliphatic hydroxyl groups is 1. The van der Waals surface area contributed by atoms with Gasteiger partial charge in [0.05, 0.1) is 0 Å². The zero-order chi connectivity index (χ0) is 15.1. The third-order valence-electron chi connectivity index (χ3n) is 2.95. The van der Waals surface area contributed by atoms with E-state index in [1.807, 2.05) is 0 Å². The minimum Gasteiger partial charge on any atom is -0.462 e. The van der Waals surface area contributed by atoms with Crippen LogP contribution in [0.5, 0.6) is 0 Å². The van der Waals surface area contributed by atoms with E-state index in [2.05, 4.69) is 0 Å². The zero-order valence-corrected chi connectivity index (χ0v) is 11.5. The van der Waals surface area contributed by atoms with Crippen LogP contribution in [0.2, 0.25) is 0 Å². The van der Waals surface area contributed by atoms with Crippen LogP contribution in [0.15, 0.2) is 15.4 Å². The van der Waals surface area contributed by atoms with Gasteiger partial charge in [0.2, 0.25) is 10.0 Å². The first-order valence-electron chi connectivity index (χ1n) is 5.94. The highest BCUT2D eigenvalue weighted by Gasteiger charge is 2.45. The molecule has 0 saturated heterocycles. The summed E-state index contributed by atoms with van der Waals surface area (Å²) in [5.74, 6) is -0.0225. The van der Waals surface area contributed by atoms with Gasteiger partial charge < -0.3 is 9.52 Å². The maximum absolute atomic E-state index is 12.5. The molecule has 1 fully saturated rings. The number of hydrogen-bond donors (Lipinski definition) is 1. The lowest BCUT2D eigenvalue weighted by Gasteiger charge is -2.22. The Hall–Kier alpha value is -1.06. The van der Waals surface area contributed by atoms with Crippen molar-refractivity contribution in [3.8, 4) is 0 Å². The van der Waals surface area contributed by atoms with Crippen LogP contribution in [0.3, 0.4) is 0 Å². The van der Waals surface area contributed by atoms with Gasteiger partial charge >= 0.3 is 6.18 Å². The summed E-state index contributed by atoms with van der Waals surface area (Å²) in [4.78, 5) is -0.322. The number of hydrogen-bond acceptors (Lipinski definition) is 4. The zero-order valence-electron chi connectivity index (χ0n) is 10.6. The highest BCUT2D eigenvalue weighted by atomic mass is 32.2. The Balaban J connectivity index is 2.37. The van der Waals surface area contributed by atoms with E-state index in [4.69, 9.17) is 9.52 Å². The average Bonchev–Trinajstić information content (AvgIpc) is 3.07. The summed E-state index contributed by atoms with van der Waals surface area (Å²) in [5.41, 5.74) is 0. The molecule has 0 aliphatic heterocycles. The van der Waals surface area contributed by atoms with Crippen LogP contribution in [0.1, 0.15) is 24.4 Å². The van der Waals surface area contributed by atoms with E-state index in [0.29, 0.717) is 17.1 Å². The first-order chi connectivity index (χ1) is 9.15. The van der Waals surface area contributed by atoms with E-state index in [9.17, 15) is 21.6 Å². The van der Waals surface area contributed by atoms with Gasteiger partial charge in [-0.2, -0.15) is 17.5 Å². The first kappa shape index (κ1) is 15.3. The molecule has 1 aromatic rings. The maximum Gasteiger partial charge on any atom is 0.402 e. The summed E-state index contributed by atoms with van der Waals surface area (Å²) in [6.07, 6.45) is -3.77. The topological polar surface area (TPSA) is 70.8 Å². The van der Waals surface area contributed by atoms with Crippen molar-refractivity contribution in [2.24, 2.45) is 0 Å². The lowest BCUT2D eigenvalue weighted by Crippen LogP contribution is -2.40. The third kappa shape index (κ3) is 3.15. The summed E-state index contributed by atoms with van der Waals surface area (Å²) in [6, 6.07) is 0.449. The van der Waals surface area contributed by atoms with E-state index >= 15 is 0 Å². The van der Waals surface area contributed by atoms with Crippen LogP contribution in [-0.2, 0) is 16.6 Å². The predicted molar refractivity (Wildman–Crippen MR) is 62.3 cm³/mol. The van der Waals surface area contributed by atoms with Crippen molar-refractivity contribution in [3.05, 3.63) is 17.6 Å². The Kier molecular flexibility index (Phi) is 3.87. The molecule has 0 amide bonds. The van der Waals surface area contributed by atoms with Gasteiger partial charge in [-0.15, -0.1) is 0 Å². The molecule has 1 aromatic heterocycles. The predicted octanol–water partition coefficient (Wildman–Crippen LogP) is 1.80. The van der Waals surface area contributed by atoms with Gasteiger partial charge in [-0.05, 0) is 19.8 Å². The number of alkyl halides is 3. The number of furan rings is 1. The fourth-order valence-electron chi connectivity index (χ4n) is 1.93. The second-order valence-corrected chi connectivity index (χ2v) is 6.55. The standard InChI is InChI=1S/C11H14F3NO4S/c1-7-10(4-9(5-16)19-7)20(17,18)15(8-2-3-8)6-11(12,13)14/h4,8,16H,2-3,5-6H2,1H3. The van der Waals surface area contributed by atoms with Crippen molar-refractivity contribution in [2.45, 2.75) is 43.5 Å². The number of halogens is 3. The van der Waals surface area contributed by atoms with Gasteiger partial charge in [-0.1, -0.05) is 0 Å². The molecule has 0 atom stereocenters. The Morgan fingerprint density at radius 3 is 2.45 bits per heavy atom. The van der Waals surface area contributed by atoms with Gasteiger partial charge in [-0.25, -0.2) is 8.42 Å². The minimum atomic E-state index is -4.60. The number of aryl methyl sites for hydroxylation is 1. The molecular formula is C11H14F3NO4S. The fourth-order valence-corrected chi connectivity index (χ4v) is 3.79. The van der Waals surface area contributed by atoms with Crippen LogP contribution in [0.4, 0.5) is 13.2 Å². The lowest BCUT2D eigenvalue weighted by molar-refractivity contribution is -0.137. The summed E-state index contributed by atoms with van der Waals surface area (Å²) in [5, 5.41) is 8.91. The lowest BCUT2D eigenvalue weighted by atomic mass is 10.4. The minimum absolute atomic E-state index is 0.00355. The van der Waals surface area contributed by atoms with Crippen molar-refractivity contribution in [3.63, 3.8) is 0 Å². The molecule has 1 aliphatic rings. The number of rotatable bonds is 5. The quantitative estimate of drug-likeness (QED) is 0.900. The van der Waals surface area contributed by atoms with Gasteiger partial charge in [-0.3, -0.25) is 0 Å². The molecule has 1 heterocycles. The Morgan fingerprint density at radius 2 is 2.05 bits per heavy atom. The van der Waals surface area contributed by atoms with Gasteiger partial charge in [0.1, 0.15) is 29.6 Å². The SMILES string of the molecule is Cc1oc(CO)cc1S(=O)(=O)N(CC(F)(F)F)C1CC1. The van der Waals surface area contributed by atoms with E-state index in [0.717, 1.165) is 6.07 Å². The fraction of sp³-hybridized carbons (Fsp3) is 0.636. The molecule has 1 N–H and O–H groups in total. The molecule has 0 spiro atoms.